The molecule has 1 saturated heterocycles. The zero-order chi connectivity index (χ0) is 26.5. The molecule has 0 aromatic carbocycles. The van der Waals surface area contributed by atoms with Crippen molar-refractivity contribution in [3.8, 4) is 11.6 Å². The SMILES string of the molecule is COC(=O)c1cccn(C2C=C(F)C(Oc3ccnc4cc(OCCN5CCOCC5)ncc34)=CC2)c1=O. The molecule has 0 N–H and O–H groups in total. The van der Waals surface area contributed by atoms with Crippen molar-refractivity contribution >= 4 is 16.9 Å². The van der Waals surface area contributed by atoms with E-state index in [1.807, 2.05) is 0 Å². The number of carbonyl (C=O) groups is 1. The molecule has 3 aromatic heterocycles. The monoisotopic (exact) mass is 522 g/mol. The Bertz CT molecular complexity index is 1450. The van der Waals surface area contributed by atoms with Crippen LogP contribution in [0.25, 0.3) is 10.9 Å². The predicted molar refractivity (Wildman–Crippen MR) is 136 cm³/mol. The maximum Gasteiger partial charge on any atom is 0.343 e. The quantitative estimate of drug-likeness (QED) is 0.413. The van der Waals surface area contributed by atoms with Gasteiger partial charge in [0.1, 0.15) is 17.9 Å². The van der Waals surface area contributed by atoms with E-state index >= 15 is 4.39 Å². The van der Waals surface area contributed by atoms with Crippen LogP contribution in [0, 0.1) is 0 Å². The van der Waals surface area contributed by atoms with Crippen LogP contribution in [0.15, 0.2) is 71.4 Å². The van der Waals surface area contributed by atoms with Crippen LogP contribution in [0.5, 0.6) is 11.6 Å². The van der Waals surface area contributed by atoms with Gasteiger partial charge in [-0.3, -0.25) is 14.7 Å². The van der Waals surface area contributed by atoms with Crippen LogP contribution in [0.4, 0.5) is 4.39 Å². The molecule has 3 aromatic rings. The lowest BCUT2D eigenvalue weighted by Gasteiger charge is -2.26. The first-order chi connectivity index (χ1) is 18.5. The Morgan fingerprint density at radius 2 is 2.08 bits per heavy atom. The van der Waals surface area contributed by atoms with Crippen LogP contribution in [0.2, 0.25) is 0 Å². The Morgan fingerprint density at radius 3 is 2.87 bits per heavy atom. The number of rotatable bonds is 8. The lowest BCUT2D eigenvalue weighted by atomic mass is 10.1. The number of nitrogens with zero attached hydrogens (tertiary/aromatic N) is 4. The topological polar surface area (TPSA) is 105 Å². The molecule has 4 heterocycles. The third-order valence-electron chi connectivity index (χ3n) is 6.40. The second kappa shape index (κ2) is 11.5. The summed E-state index contributed by atoms with van der Waals surface area (Å²) in [7, 11) is 1.20. The van der Waals surface area contributed by atoms with E-state index in [4.69, 9.17) is 14.2 Å². The number of morpholine rings is 1. The fourth-order valence-corrected chi connectivity index (χ4v) is 4.35. The molecule has 198 valence electrons. The number of ether oxygens (including phenoxy) is 4. The Hall–Kier alpha value is -4.09. The van der Waals surface area contributed by atoms with Gasteiger partial charge < -0.3 is 23.5 Å². The first-order valence-electron chi connectivity index (χ1n) is 12.3. The lowest BCUT2D eigenvalue weighted by molar-refractivity contribution is 0.0320. The standard InChI is InChI=1S/C27H27FN4O6/c1-35-27(34)19-3-2-8-32(26(19)33)18-4-5-24(21(28)15-18)38-23-6-7-29-22-16-25(30-17-20(22)23)37-14-11-31-9-12-36-13-10-31/h2-3,5-8,15-18H,4,9-14H2,1H3. The number of fused-ring (bicyclic) bond motifs is 1. The zero-order valence-corrected chi connectivity index (χ0v) is 20.8. The minimum Gasteiger partial charge on any atom is -0.476 e. The van der Waals surface area contributed by atoms with E-state index < -0.39 is 23.4 Å². The van der Waals surface area contributed by atoms with E-state index in [0.29, 0.717) is 29.1 Å². The first kappa shape index (κ1) is 25.6. The summed E-state index contributed by atoms with van der Waals surface area (Å²) in [5, 5.41) is 0.603. The lowest BCUT2D eigenvalue weighted by Crippen LogP contribution is -2.38. The number of methoxy groups -OCH3 is 1. The van der Waals surface area contributed by atoms with Gasteiger partial charge in [-0.25, -0.2) is 14.2 Å². The molecule has 10 nitrogen and oxygen atoms in total. The molecule has 0 spiro atoms. The number of pyridine rings is 3. The van der Waals surface area contributed by atoms with Crippen LogP contribution in [-0.2, 0) is 9.47 Å². The van der Waals surface area contributed by atoms with E-state index in [1.165, 1.54) is 30.0 Å². The molecule has 1 fully saturated rings. The van der Waals surface area contributed by atoms with Crippen LogP contribution in [-0.4, -0.2) is 72.0 Å². The summed E-state index contributed by atoms with van der Waals surface area (Å²) in [5.74, 6) is -0.510. The predicted octanol–water partition coefficient (Wildman–Crippen LogP) is 3.05. The van der Waals surface area contributed by atoms with E-state index in [9.17, 15) is 9.59 Å². The largest absolute Gasteiger partial charge is 0.476 e. The highest BCUT2D eigenvalue weighted by Gasteiger charge is 2.22. The van der Waals surface area contributed by atoms with Gasteiger partial charge in [0.25, 0.3) is 5.56 Å². The van der Waals surface area contributed by atoms with Gasteiger partial charge in [-0.15, -0.1) is 0 Å². The average Bonchev–Trinajstić information content (AvgIpc) is 2.94. The van der Waals surface area contributed by atoms with Crippen LogP contribution >= 0.6 is 0 Å². The summed E-state index contributed by atoms with van der Waals surface area (Å²) < 4.78 is 38.1. The Kier molecular flexibility index (Phi) is 7.75. The number of esters is 1. The van der Waals surface area contributed by atoms with Gasteiger partial charge in [-0.1, -0.05) is 0 Å². The first-order valence-corrected chi connectivity index (χ1v) is 12.3. The third-order valence-corrected chi connectivity index (χ3v) is 6.40. The number of hydrogen-bond donors (Lipinski definition) is 0. The second-order valence-electron chi connectivity index (χ2n) is 8.77. The molecular formula is C27H27FN4O6. The fourth-order valence-electron chi connectivity index (χ4n) is 4.35. The number of carbonyl (C=O) groups excluding carboxylic acids is 1. The molecule has 38 heavy (non-hydrogen) atoms. The maximum absolute atomic E-state index is 15.1. The Balaban J connectivity index is 1.27. The summed E-state index contributed by atoms with van der Waals surface area (Å²) >= 11 is 0. The van der Waals surface area contributed by atoms with Gasteiger partial charge in [-0.05, 0) is 36.8 Å². The van der Waals surface area contributed by atoms with Crippen molar-refractivity contribution in [1.29, 1.82) is 0 Å². The molecule has 1 aliphatic heterocycles. The van der Waals surface area contributed by atoms with Crippen LogP contribution in [0.3, 0.4) is 0 Å². The fraction of sp³-hybridized carbons (Fsp3) is 0.333. The van der Waals surface area contributed by atoms with E-state index in [1.54, 1.807) is 36.7 Å². The minimum absolute atomic E-state index is 0.0248. The molecule has 0 radical (unpaired) electrons. The number of allylic oxidation sites excluding steroid dienone is 3. The molecule has 1 aliphatic carbocycles. The van der Waals surface area contributed by atoms with E-state index in [-0.39, 0.29) is 17.7 Å². The van der Waals surface area contributed by atoms with Crippen molar-refractivity contribution in [2.45, 2.75) is 12.5 Å². The summed E-state index contributed by atoms with van der Waals surface area (Å²) in [6.45, 7) is 4.50. The second-order valence-corrected chi connectivity index (χ2v) is 8.77. The molecule has 5 rings (SSSR count). The van der Waals surface area contributed by atoms with Gasteiger partial charge in [-0.2, -0.15) is 0 Å². The molecule has 0 bridgehead atoms. The van der Waals surface area contributed by atoms with Crippen molar-refractivity contribution in [3.63, 3.8) is 0 Å². The maximum atomic E-state index is 15.1. The average molecular weight is 523 g/mol. The van der Waals surface area contributed by atoms with Gasteiger partial charge in [0.15, 0.2) is 11.6 Å². The molecule has 0 saturated carbocycles. The minimum atomic E-state index is -0.743. The normalized spacial score (nSPS) is 18.0. The molecule has 1 unspecified atom stereocenters. The van der Waals surface area contributed by atoms with Gasteiger partial charge in [0.2, 0.25) is 5.88 Å². The zero-order valence-electron chi connectivity index (χ0n) is 20.8. The summed E-state index contributed by atoms with van der Waals surface area (Å²) in [6, 6.07) is 5.66. The summed E-state index contributed by atoms with van der Waals surface area (Å²) in [5.41, 5.74) is -0.0703. The van der Waals surface area contributed by atoms with E-state index in [2.05, 4.69) is 19.6 Å². The van der Waals surface area contributed by atoms with Gasteiger partial charge in [0, 0.05) is 44.3 Å². The van der Waals surface area contributed by atoms with Crippen molar-refractivity contribution in [2.24, 2.45) is 0 Å². The van der Waals surface area contributed by atoms with Gasteiger partial charge >= 0.3 is 5.97 Å². The smallest absolute Gasteiger partial charge is 0.343 e. The molecular weight excluding hydrogens is 495 g/mol. The van der Waals surface area contributed by atoms with Crippen molar-refractivity contribution in [3.05, 3.63) is 82.5 Å². The number of hydrogen-bond acceptors (Lipinski definition) is 9. The number of aromatic nitrogens is 3. The Labute approximate surface area is 217 Å². The molecule has 11 heteroatoms. The van der Waals surface area contributed by atoms with Crippen LogP contribution < -0.4 is 15.0 Å². The van der Waals surface area contributed by atoms with Crippen molar-refractivity contribution in [2.75, 3.05) is 46.6 Å². The molecule has 0 amide bonds. The molecule has 1 atom stereocenters. The van der Waals surface area contributed by atoms with Crippen molar-refractivity contribution in [1.82, 2.24) is 19.4 Å². The highest BCUT2D eigenvalue weighted by molar-refractivity contribution is 5.88. The third kappa shape index (κ3) is 5.58. The summed E-state index contributed by atoms with van der Waals surface area (Å²) in [4.78, 5) is 35.6. The van der Waals surface area contributed by atoms with Crippen molar-refractivity contribution < 1.29 is 28.1 Å². The summed E-state index contributed by atoms with van der Waals surface area (Å²) in [6.07, 6.45) is 7.81. The number of halogens is 1. The van der Waals surface area contributed by atoms with Crippen LogP contribution in [0.1, 0.15) is 22.8 Å². The highest BCUT2D eigenvalue weighted by atomic mass is 19.1. The molecule has 2 aliphatic rings. The Morgan fingerprint density at radius 1 is 1.24 bits per heavy atom. The van der Waals surface area contributed by atoms with Gasteiger partial charge in [0.05, 0.1) is 37.3 Å². The highest BCUT2D eigenvalue weighted by Crippen LogP contribution is 2.32. The van der Waals surface area contributed by atoms with E-state index in [0.717, 1.165) is 32.8 Å².